The van der Waals surface area contributed by atoms with Gasteiger partial charge in [0.1, 0.15) is 0 Å². The number of ether oxygens (including phenoxy) is 2. The molecule has 2 aromatic rings. The van der Waals surface area contributed by atoms with Crippen LogP contribution in [0.4, 0.5) is 5.13 Å². The summed E-state index contributed by atoms with van der Waals surface area (Å²) in [5.41, 5.74) is 2.01. The molecule has 1 heterocycles. The molecule has 1 aromatic carbocycles. The fourth-order valence-corrected chi connectivity index (χ4v) is 3.84. The largest absolute Gasteiger partial charge is 0.493 e. The molecule has 25 heavy (non-hydrogen) atoms. The van der Waals surface area contributed by atoms with E-state index in [2.05, 4.69) is 10.3 Å². The molecular weight excluding hydrogens is 336 g/mol. The quantitative estimate of drug-likeness (QED) is 0.791. The SMILES string of the molecule is CCOc1ccc(/C=C/C(=O)Nc2nc3c(s2)CCCC3)cc1OC. The molecular formula is C19H22N2O3S. The number of fused-ring (bicyclic) bond motifs is 1. The first-order valence-corrected chi connectivity index (χ1v) is 9.29. The van der Waals surface area contributed by atoms with Crippen LogP contribution < -0.4 is 14.8 Å². The van der Waals surface area contributed by atoms with Crippen molar-refractivity contribution < 1.29 is 14.3 Å². The lowest BCUT2D eigenvalue weighted by Gasteiger charge is -2.09. The third-order valence-corrected chi connectivity index (χ3v) is 5.06. The Morgan fingerprint density at radius 1 is 1.32 bits per heavy atom. The van der Waals surface area contributed by atoms with Crippen LogP contribution in [-0.4, -0.2) is 24.6 Å². The third-order valence-electron chi connectivity index (χ3n) is 3.99. The number of anilines is 1. The van der Waals surface area contributed by atoms with Gasteiger partial charge in [0.2, 0.25) is 5.91 Å². The van der Waals surface area contributed by atoms with Crippen molar-refractivity contribution in [2.24, 2.45) is 0 Å². The summed E-state index contributed by atoms with van der Waals surface area (Å²) in [4.78, 5) is 18.0. The van der Waals surface area contributed by atoms with Gasteiger partial charge in [0.25, 0.3) is 0 Å². The summed E-state index contributed by atoms with van der Waals surface area (Å²) >= 11 is 1.59. The first-order chi connectivity index (χ1) is 12.2. The predicted molar refractivity (Wildman–Crippen MR) is 101 cm³/mol. The van der Waals surface area contributed by atoms with E-state index in [1.54, 1.807) is 24.5 Å². The number of aryl methyl sites for hydroxylation is 2. The van der Waals surface area contributed by atoms with Crippen molar-refractivity contribution in [3.8, 4) is 11.5 Å². The number of benzene rings is 1. The van der Waals surface area contributed by atoms with Crippen LogP contribution in [0.2, 0.25) is 0 Å². The Hall–Kier alpha value is -2.34. The van der Waals surface area contributed by atoms with Crippen molar-refractivity contribution in [2.75, 3.05) is 19.0 Å². The van der Waals surface area contributed by atoms with Crippen LogP contribution in [0.1, 0.15) is 35.9 Å². The number of nitrogens with one attached hydrogen (secondary N) is 1. The number of aromatic nitrogens is 1. The Balaban J connectivity index is 1.65. The molecule has 1 amide bonds. The minimum absolute atomic E-state index is 0.182. The molecule has 1 aromatic heterocycles. The van der Waals surface area contributed by atoms with E-state index in [1.807, 2.05) is 25.1 Å². The van der Waals surface area contributed by atoms with Gasteiger partial charge < -0.3 is 9.47 Å². The lowest BCUT2D eigenvalue weighted by atomic mass is 10.0. The van der Waals surface area contributed by atoms with Crippen LogP contribution in [0.3, 0.4) is 0 Å². The molecule has 0 bridgehead atoms. The number of carbonyl (C=O) groups excluding carboxylic acids is 1. The summed E-state index contributed by atoms with van der Waals surface area (Å²) in [5.74, 6) is 1.16. The summed E-state index contributed by atoms with van der Waals surface area (Å²) in [7, 11) is 1.60. The van der Waals surface area contributed by atoms with E-state index in [0.29, 0.717) is 23.2 Å². The van der Waals surface area contributed by atoms with Crippen molar-refractivity contribution >= 4 is 28.5 Å². The lowest BCUT2D eigenvalue weighted by Crippen LogP contribution is -2.07. The molecule has 0 fully saturated rings. The van der Waals surface area contributed by atoms with E-state index in [4.69, 9.17) is 9.47 Å². The molecule has 1 aliphatic rings. The summed E-state index contributed by atoms with van der Waals surface area (Å²) in [5, 5.41) is 3.54. The lowest BCUT2D eigenvalue weighted by molar-refractivity contribution is -0.111. The van der Waals surface area contributed by atoms with Crippen LogP contribution in [0.15, 0.2) is 24.3 Å². The van der Waals surface area contributed by atoms with Crippen molar-refractivity contribution in [1.29, 1.82) is 0 Å². The van der Waals surface area contributed by atoms with Crippen LogP contribution in [0.25, 0.3) is 6.08 Å². The Bertz CT molecular complexity index is 759. The fraction of sp³-hybridized carbons (Fsp3) is 0.368. The first-order valence-electron chi connectivity index (χ1n) is 8.48. The maximum absolute atomic E-state index is 12.1. The molecule has 0 unspecified atom stereocenters. The van der Waals surface area contributed by atoms with Crippen LogP contribution in [-0.2, 0) is 17.6 Å². The standard InChI is InChI=1S/C19H22N2O3S/c1-3-24-15-10-8-13(12-16(15)23-2)9-11-18(22)21-19-20-14-6-4-5-7-17(14)25-19/h8-12H,3-7H2,1-2H3,(H,20,21,22)/b11-9+. The maximum Gasteiger partial charge on any atom is 0.250 e. The monoisotopic (exact) mass is 358 g/mol. The topological polar surface area (TPSA) is 60.5 Å². The van der Waals surface area contributed by atoms with Crippen molar-refractivity contribution in [3.63, 3.8) is 0 Å². The maximum atomic E-state index is 12.1. The number of thiazole rings is 1. The average molecular weight is 358 g/mol. The van der Waals surface area contributed by atoms with E-state index < -0.39 is 0 Å². The Labute approximate surface area is 151 Å². The van der Waals surface area contributed by atoms with E-state index in [-0.39, 0.29) is 5.91 Å². The first kappa shape index (κ1) is 17.5. The molecule has 0 spiro atoms. The minimum atomic E-state index is -0.182. The zero-order chi connectivity index (χ0) is 17.6. The van der Waals surface area contributed by atoms with E-state index >= 15 is 0 Å². The van der Waals surface area contributed by atoms with Crippen LogP contribution >= 0.6 is 11.3 Å². The van der Waals surface area contributed by atoms with Gasteiger partial charge in [-0.2, -0.15) is 0 Å². The van der Waals surface area contributed by atoms with Gasteiger partial charge in [0.05, 0.1) is 19.4 Å². The smallest absolute Gasteiger partial charge is 0.250 e. The molecule has 1 aliphatic carbocycles. The van der Waals surface area contributed by atoms with E-state index in [0.717, 1.165) is 24.1 Å². The van der Waals surface area contributed by atoms with Crippen molar-refractivity contribution in [3.05, 3.63) is 40.4 Å². The van der Waals surface area contributed by atoms with E-state index in [1.165, 1.54) is 23.8 Å². The van der Waals surface area contributed by atoms with Crippen LogP contribution in [0, 0.1) is 0 Å². The van der Waals surface area contributed by atoms with Gasteiger partial charge in [-0.25, -0.2) is 4.98 Å². The number of hydrogen-bond acceptors (Lipinski definition) is 5. The number of methoxy groups -OCH3 is 1. The fourth-order valence-electron chi connectivity index (χ4n) is 2.79. The average Bonchev–Trinajstić information content (AvgIpc) is 3.03. The summed E-state index contributed by atoms with van der Waals surface area (Å²) < 4.78 is 10.8. The van der Waals surface area contributed by atoms with Gasteiger partial charge in [-0.15, -0.1) is 11.3 Å². The van der Waals surface area contributed by atoms with Gasteiger partial charge in [0, 0.05) is 11.0 Å². The van der Waals surface area contributed by atoms with Crippen molar-refractivity contribution in [1.82, 2.24) is 4.98 Å². The second kappa shape index (κ2) is 8.16. The van der Waals surface area contributed by atoms with Gasteiger partial charge in [-0.05, 0) is 56.4 Å². The Morgan fingerprint density at radius 2 is 2.16 bits per heavy atom. The minimum Gasteiger partial charge on any atom is -0.493 e. The molecule has 0 saturated carbocycles. The summed E-state index contributed by atoms with van der Waals surface area (Å²) in [6.07, 6.45) is 7.75. The number of nitrogens with zero attached hydrogens (tertiary/aromatic N) is 1. The number of hydrogen-bond donors (Lipinski definition) is 1. The zero-order valence-electron chi connectivity index (χ0n) is 14.5. The highest BCUT2D eigenvalue weighted by Gasteiger charge is 2.15. The highest BCUT2D eigenvalue weighted by molar-refractivity contribution is 7.15. The van der Waals surface area contributed by atoms with Gasteiger partial charge in [0.15, 0.2) is 16.6 Å². The summed E-state index contributed by atoms with van der Waals surface area (Å²) in [6, 6.07) is 5.57. The molecule has 0 aliphatic heterocycles. The normalized spacial score (nSPS) is 13.5. The second-order valence-electron chi connectivity index (χ2n) is 5.76. The molecule has 5 nitrogen and oxygen atoms in total. The third kappa shape index (κ3) is 4.39. The highest BCUT2D eigenvalue weighted by atomic mass is 32.1. The Kier molecular flexibility index (Phi) is 5.71. The van der Waals surface area contributed by atoms with E-state index in [9.17, 15) is 4.79 Å². The van der Waals surface area contributed by atoms with Gasteiger partial charge in [-0.1, -0.05) is 6.07 Å². The summed E-state index contributed by atoms with van der Waals surface area (Å²) in [6.45, 7) is 2.50. The zero-order valence-corrected chi connectivity index (χ0v) is 15.3. The molecule has 6 heteroatoms. The second-order valence-corrected chi connectivity index (χ2v) is 6.85. The number of rotatable bonds is 6. The van der Waals surface area contributed by atoms with Gasteiger partial charge >= 0.3 is 0 Å². The molecule has 132 valence electrons. The van der Waals surface area contributed by atoms with Crippen molar-refractivity contribution in [2.45, 2.75) is 32.6 Å². The number of carbonyl (C=O) groups is 1. The highest BCUT2D eigenvalue weighted by Crippen LogP contribution is 2.30. The molecule has 0 saturated heterocycles. The molecule has 3 rings (SSSR count). The van der Waals surface area contributed by atoms with Crippen LogP contribution in [0.5, 0.6) is 11.5 Å². The Morgan fingerprint density at radius 3 is 2.92 bits per heavy atom. The predicted octanol–water partition coefficient (Wildman–Crippen LogP) is 4.08. The number of amides is 1. The molecule has 0 atom stereocenters. The molecule has 1 N–H and O–H groups in total. The molecule has 0 radical (unpaired) electrons. The van der Waals surface area contributed by atoms with Gasteiger partial charge in [-0.3, -0.25) is 10.1 Å².